The summed E-state index contributed by atoms with van der Waals surface area (Å²) in [5, 5.41) is 19.7. The maximum Gasteiger partial charge on any atom is 0.328 e. The second-order valence-electron chi connectivity index (χ2n) is 10.6. The van der Waals surface area contributed by atoms with Crippen molar-refractivity contribution < 1.29 is 29.4 Å². The summed E-state index contributed by atoms with van der Waals surface area (Å²) in [7, 11) is 1.86. The molecule has 2 aliphatic rings. The van der Waals surface area contributed by atoms with Crippen LogP contribution in [-0.2, 0) is 9.59 Å². The van der Waals surface area contributed by atoms with Gasteiger partial charge in [-0.2, -0.15) is 0 Å². The van der Waals surface area contributed by atoms with Gasteiger partial charge in [-0.1, -0.05) is 47.5 Å². The van der Waals surface area contributed by atoms with Crippen LogP contribution >= 0.6 is 23.2 Å². The third-order valence-corrected chi connectivity index (χ3v) is 8.29. The van der Waals surface area contributed by atoms with E-state index in [0.29, 0.717) is 40.3 Å². The van der Waals surface area contributed by atoms with Crippen molar-refractivity contribution in [3.8, 4) is 0 Å². The zero-order chi connectivity index (χ0) is 31.4. The van der Waals surface area contributed by atoms with E-state index in [9.17, 15) is 19.2 Å². The Morgan fingerprint density at radius 3 is 2.23 bits per heavy atom. The molecule has 2 aliphatic heterocycles. The van der Waals surface area contributed by atoms with Crippen molar-refractivity contribution in [2.24, 2.45) is 0 Å². The van der Waals surface area contributed by atoms with Gasteiger partial charge in [-0.25, -0.2) is 14.4 Å². The number of hydrogen-bond acceptors (Lipinski definition) is 5. The summed E-state index contributed by atoms with van der Waals surface area (Å²) < 4.78 is 0. The fourth-order valence-electron chi connectivity index (χ4n) is 5.28. The number of amides is 3. The summed E-state index contributed by atoms with van der Waals surface area (Å²) in [5.74, 6) is -2.37. The van der Waals surface area contributed by atoms with Crippen molar-refractivity contribution in [1.82, 2.24) is 20.0 Å². The lowest BCUT2D eigenvalue weighted by atomic mass is 9.93. The van der Waals surface area contributed by atoms with Gasteiger partial charge in [0.1, 0.15) is 0 Å². The van der Waals surface area contributed by atoms with Gasteiger partial charge in [0.25, 0.3) is 5.91 Å². The van der Waals surface area contributed by atoms with Crippen LogP contribution in [-0.4, -0.2) is 101 Å². The molecule has 0 spiro atoms. The van der Waals surface area contributed by atoms with Crippen LogP contribution in [0, 0.1) is 0 Å². The highest BCUT2D eigenvalue weighted by Crippen LogP contribution is 2.30. The van der Waals surface area contributed by atoms with Crippen molar-refractivity contribution in [2.75, 3.05) is 46.3 Å². The van der Waals surface area contributed by atoms with Crippen LogP contribution in [0.1, 0.15) is 47.5 Å². The molecule has 0 aliphatic carbocycles. The van der Waals surface area contributed by atoms with Crippen LogP contribution in [0.2, 0.25) is 10.0 Å². The first-order valence-electron chi connectivity index (χ1n) is 14.2. The molecule has 43 heavy (non-hydrogen) atoms. The van der Waals surface area contributed by atoms with Crippen molar-refractivity contribution in [3.05, 3.63) is 81.9 Å². The van der Waals surface area contributed by atoms with Gasteiger partial charge in [-0.05, 0) is 62.1 Å². The molecule has 12 heteroatoms. The van der Waals surface area contributed by atoms with E-state index in [1.807, 2.05) is 60.5 Å². The molecule has 232 valence electrons. The second kappa shape index (κ2) is 16.9. The van der Waals surface area contributed by atoms with E-state index in [1.54, 1.807) is 4.90 Å². The summed E-state index contributed by atoms with van der Waals surface area (Å²) in [6.07, 6.45) is 5.03. The Hall–Kier alpha value is -3.60. The number of halogens is 2. The number of piperidine rings is 1. The number of nitrogens with one attached hydrogen (secondary N) is 1. The summed E-state index contributed by atoms with van der Waals surface area (Å²) in [6, 6.07) is 15.6. The van der Waals surface area contributed by atoms with Crippen LogP contribution in [0.15, 0.2) is 60.7 Å². The number of likely N-dealkylation sites (N-methyl/N-ethyl adjacent to an activating group) is 1. The van der Waals surface area contributed by atoms with E-state index in [1.165, 1.54) is 0 Å². The van der Waals surface area contributed by atoms with Crippen molar-refractivity contribution in [1.29, 1.82) is 0 Å². The van der Waals surface area contributed by atoms with Gasteiger partial charge >= 0.3 is 18.0 Å². The average molecular weight is 634 g/mol. The molecule has 0 aromatic heterocycles. The van der Waals surface area contributed by atoms with Gasteiger partial charge in [0, 0.05) is 69.4 Å². The topological polar surface area (TPSA) is 130 Å². The molecule has 10 nitrogen and oxygen atoms in total. The van der Waals surface area contributed by atoms with Gasteiger partial charge in [-0.3, -0.25) is 4.79 Å². The quantitative estimate of drug-likeness (QED) is 0.320. The molecule has 2 heterocycles. The third kappa shape index (κ3) is 10.9. The molecule has 0 unspecified atom stereocenters. The Morgan fingerprint density at radius 2 is 1.65 bits per heavy atom. The minimum absolute atomic E-state index is 0.0104. The van der Waals surface area contributed by atoms with Gasteiger partial charge < -0.3 is 30.2 Å². The van der Waals surface area contributed by atoms with E-state index in [0.717, 1.165) is 64.0 Å². The molecule has 4 rings (SSSR count). The number of carbonyl (C=O) groups is 4. The monoisotopic (exact) mass is 632 g/mol. The molecule has 3 amide bonds. The van der Waals surface area contributed by atoms with E-state index < -0.39 is 11.9 Å². The van der Waals surface area contributed by atoms with Gasteiger partial charge in [0.05, 0.1) is 10.0 Å². The van der Waals surface area contributed by atoms with Crippen LogP contribution in [0.5, 0.6) is 0 Å². The number of urea groups is 1. The first-order valence-corrected chi connectivity index (χ1v) is 15.0. The highest BCUT2D eigenvalue weighted by Gasteiger charge is 2.30. The Bertz CT molecular complexity index is 1270. The zero-order valence-corrected chi connectivity index (χ0v) is 25.6. The molecular weight excluding hydrogens is 595 g/mol. The van der Waals surface area contributed by atoms with E-state index in [-0.39, 0.29) is 17.9 Å². The fraction of sp³-hybridized carbons (Fsp3) is 0.419. The maximum absolute atomic E-state index is 13.0. The molecule has 2 aromatic rings. The van der Waals surface area contributed by atoms with Crippen molar-refractivity contribution in [3.63, 3.8) is 0 Å². The number of likely N-dealkylation sites (tertiary alicyclic amines) is 1. The Labute approximate surface area is 261 Å². The number of nitrogens with zero attached hydrogens (tertiary/aromatic N) is 3. The minimum atomic E-state index is -1.26. The molecule has 1 atom stereocenters. The number of aliphatic carboxylic acids is 2. The van der Waals surface area contributed by atoms with Gasteiger partial charge in [-0.15, -0.1) is 0 Å². The van der Waals surface area contributed by atoms with Crippen LogP contribution < -0.4 is 5.32 Å². The number of benzene rings is 2. The molecule has 3 N–H and O–H groups in total. The van der Waals surface area contributed by atoms with Gasteiger partial charge in [0.15, 0.2) is 0 Å². The second-order valence-corrected chi connectivity index (χ2v) is 11.4. The van der Waals surface area contributed by atoms with Crippen LogP contribution in [0.3, 0.4) is 0 Å². The Morgan fingerprint density at radius 1 is 1.00 bits per heavy atom. The third-order valence-electron chi connectivity index (χ3n) is 7.55. The predicted octanol–water partition coefficient (Wildman–Crippen LogP) is 4.83. The van der Waals surface area contributed by atoms with Crippen molar-refractivity contribution in [2.45, 2.75) is 37.6 Å². The summed E-state index contributed by atoms with van der Waals surface area (Å²) >= 11 is 12.5. The average Bonchev–Trinajstić information content (AvgIpc) is 3.00. The lowest BCUT2D eigenvalue weighted by Crippen LogP contribution is -2.54. The summed E-state index contributed by atoms with van der Waals surface area (Å²) in [6.45, 7) is 5.11. The Balaban J connectivity index is 0.000000557. The summed E-state index contributed by atoms with van der Waals surface area (Å²) in [5.41, 5.74) is 1.78. The smallest absolute Gasteiger partial charge is 0.328 e. The molecule has 0 radical (unpaired) electrons. The number of carboxylic acids is 2. The minimum Gasteiger partial charge on any atom is -0.478 e. The SMILES string of the molecule is CN(C[C@@H](CCN1CCC(N2CCCNC2=O)CC1)c1ccc(Cl)c(Cl)c1)C(=O)c1ccccc1.O=C(O)/C=C\C(=O)O. The lowest BCUT2D eigenvalue weighted by Gasteiger charge is -2.40. The number of hydrogen-bond donors (Lipinski definition) is 3. The number of carbonyl (C=O) groups excluding carboxylic acids is 2. The molecule has 2 saturated heterocycles. The van der Waals surface area contributed by atoms with E-state index >= 15 is 0 Å². The largest absolute Gasteiger partial charge is 0.478 e. The lowest BCUT2D eigenvalue weighted by molar-refractivity contribution is -0.134. The molecule has 0 bridgehead atoms. The van der Waals surface area contributed by atoms with E-state index in [4.69, 9.17) is 33.4 Å². The predicted molar refractivity (Wildman–Crippen MR) is 166 cm³/mol. The summed E-state index contributed by atoms with van der Waals surface area (Å²) in [4.78, 5) is 50.6. The standard InChI is InChI=1S/C27H34Cl2N4O2.C4H4O4/c1-31(26(34)20-6-3-2-4-7-20)19-22(21-8-9-24(28)25(29)18-21)10-15-32-16-11-23(12-17-32)33-14-5-13-30-27(33)35;5-3(6)1-2-4(7)8/h2-4,6-9,18,22-23H,5,10-17,19H2,1H3,(H,30,35);1-2H,(H,5,6)(H,7,8)/b;2-1-/t22-;/m1./s1. The van der Waals surface area contributed by atoms with Crippen LogP contribution in [0.4, 0.5) is 4.79 Å². The maximum atomic E-state index is 13.0. The fourth-order valence-corrected chi connectivity index (χ4v) is 5.58. The number of carboxylic acid groups (broad SMARTS) is 2. The molecular formula is C31H38Cl2N4O6. The highest BCUT2D eigenvalue weighted by atomic mass is 35.5. The Kier molecular flexibility index (Phi) is 13.3. The van der Waals surface area contributed by atoms with E-state index in [2.05, 4.69) is 10.2 Å². The first-order chi connectivity index (χ1) is 20.5. The number of rotatable bonds is 10. The first kappa shape index (κ1) is 33.9. The molecule has 0 saturated carbocycles. The molecule has 2 fully saturated rings. The normalized spacial score (nSPS) is 16.6. The van der Waals surface area contributed by atoms with Gasteiger partial charge in [0.2, 0.25) is 0 Å². The van der Waals surface area contributed by atoms with Crippen LogP contribution in [0.25, 0.3) is 0 Å². The van der Waals surface area contributed by atoms with Crippen molar-refractivity contribution >= 4 is 47.1 Å². The highest BCUT2D eigenvalue weighted by molar-refractivity contribution is 6.42. The molecule has 2 aromatic carbocycles. The zero-order valence-electron chi connectivity index (χ0n) is 24.1.